The number of hydrogen-bond donors (Lipinski definition) is 1. The minimum absolute atomic E-state index is 0.0710. The van der Waals surface area contributed by atoms with Crippen LogP contribution in [0.5, 0.6) is 11.5 Å². The molecule has 1 aromatic carbocycles. The summed E-state index contributed by atoms with van der Waals surface area (Å²) in [6.07, 6.45) is 3.23. The monoisotopic (exact) mass is 499 g/mol. The van der Waals surface area contributed by atoms with E-state index in [4.69, 9.17) is 9.26 Å². The van der Waals surface area contributed by atoms with Crippen LogP contribution < -0.4 is 4.74 Å². The fraction of sp³-hybridized carbons (Fsp3) is 0.125. The van der Waals surface area contributed by atoms with Crippen molar-refractivity contribution in [3.05, 3.63) is 66.3 Å². The van der Waals surface area contributed by atoms with Gasteiger partial charge in [-0.2, -0.15) is 4.98 Å². The molecule has 4 aromatic heterocycles. The van der Waals surface area contributed by atoms with Crippen molar-refractivity contribution in [2.45, 2.75) is 13.5 Å². The number of imidazole rings is 1. The number of nitrogens with zero attached hydrogens (tertiary/aromatic N) is 6. The molecule has 5 aromatic rings. The van der Waals surface area contributed by atoms with Gasteiger partial charge in [0.25, 0.3) is 5.24 Å². The third-order valence-corrected chi connectivity index (χ3v) is 6.32. The Hall–Kier alpha value is -4.58. The van der Waals surface area contributed by atoms with Crippen molar-refractivity contribution in [1.29, 1.82) is 0 Å². The predicted molar refractivity (Wildman–Crippen MR) is 130 cm³/mol. The molecular formula is C24H17N7O4S. The summed E-state index contributed by atoms with van der Waals surface area (Å²) in [4.78, 5) is 46.5. The number of fused-ring (bicyclic) bond motifs is 1. The van der Waals surface area contributed by atoms with E-state index < -0.39 is 0 Å². The molecule has 11 nitrogen and oxygen atoms in total. The van der Waals surface area contributed by atoms with Gasteiger partial charge in [-0.05, 0) is 30.3 Å². The number of nitrogens with one attached hydrogen (secondary N) is 1. The Bertz CT molecular complexity index is 1580. The first-order valence-corrected chi connectivity index (χ1v) is 11.9. The summed E-state index contributed by atoms with van der Waals surface area (Å²) in [6.45, 7) is 1.77. The minimum atomic E-state index is -0.286. The van der Waals surface area contributed by atoms with Gasteiger partial charge in [0.05, 0.1) is 29.5 Å². The van der Waals surface area contributed by atoms with Gasteiger partial charge in [-0.25, -0.2) is 9.97 Å². The lowest BCUT2D eigenvalue weighted by Crippen LogP contribution is -2.28. The average molecular weight is 500 g/mol. The Morgan fingerprint density at radius 1 is 1.11 bits per heavy atom. The Labute approximate surface area is 207 Å². The third kappa shape index (κ3) is 4.18. The van der Waals surface area contributed by atoms with E-state index in [9.17, 15) is 9.59 Å². The van der Waals surface area contributed by atoms with Gasteiger partial charge in [0, 0.05) is 24.8 Å². The highest BCUT2D eigenvalue weighted by Crippen LogP contribution is 2.33. The number of benzene rings is 1. The Morgan fingerprint density at radius 3 is 2.72 bits per heavy atom. The van der Waals surface area contributed by atoms with Crippen molar-refractivity contribution < 1.29 is 18.8 Å². The highest BCUT2D eigenvalue weighted by atomic mass is 32.2. The quantitative estimate of drug-likeness (QED) is 0.358. The lowest BCUT2D eigenvalue weighted by Gasteiger charge is -2.16. The molecule has 36 heavy (non-hydrogen) atoms. The number of ether oxygens (including phenoxy) is 1. The average Bonchev–Trinajstić information content (AvgIpc) is 3.60. The number of amides is 2. The fourth-order valence-electron chi connectivity index (χ4n) is 3.73. The van der Waals surface area contributed by atoms with Crippen LogP contribution in [0.2, 0.25) is 0 Å². The van der Waals surface area contributed by atoms with Crippen molar-refractivity contribution in [2.24, 2.45) is 0 Å². The van der Waals surface area contributed by atoms with Crippen LogP contribution in [0.4, 0.5) is 4.79 Å². The molecule has 1 aliphatic rings. The maximum atomic E-state index is 12.3. The van der Waals surface area contributed by atoms with Gasteiger partial charge in [-0.15, -0.1) is 0 Å². The van der Waals surface area contributed by atoms with E-state index in [1.807, 2.05) is 24.3 Å². The summed E-state index contributed by atoms with van der Waals surface area (Å²) >= 11 is 0.988. The summed E-state index contributed by atoms with van der Waals surface area (Å²) in [7, 11) is 0. The number of carbonyl (C=O) groups excluding carboxylic acids is 2. The molecule has 0 aliphatic carbocycles. The van der Waals surface area contributed by atoms with Gasteiger partial charge in [0.15, 0.2) is 5.82 Å². The number of imide groups is 1. The molecule has 178 valence electrons. The van der Waals surface area contributed by atoms with Crippen LogP contribution in [-0.4, -0.2) is 51.9 Å². The lowest BCUT2D eigenvalue weighted by atomic mass is 10.1. The summed E-state index contributed by atoms with van der Waals surface area (Å²) in [6, 6.07) is 12.6. The number of pyridine rings is 2. The Morgan fingerprint density at radius 2 is 2.03 bits per heavy atom. The second-order valence-corrected chi connectivity index (χ2v) is 8.86. The topological polar surface area (TPSA) is 140 Å². The molecular weight excluding hydrogens is 482 g/mol. The molecule has 0 spiro atoms. The van der Waals surface area contributed by atoms with Gasteiger partial charge in [0.2, 0.25) is 17.6 Å². The summed E-state index contributed by atoms with van der Waals surface area (Å²) < 4.78 is 11.2. The molecule has 5 heterocycles. The van der Waals surface area contributed by atoms with Crippen molar-refractivity contribution in [1.82, 2.24) is 35.0 Å². The molecule has 0 bridgehead atoms. The van der Waals surface area contributed by atoms with Crippen LogP contribution in [-0.2, 0) is 11.3 Å². The fourth-order valence-corrected chi connectivity index (χ4v) is 4.46. The van der Waals surface area contributed by atoms with E-state index in [1.54, 1.807) is 37.5 Å². The van der Waals surface area contributed by atoms with Gasteiger partial charge < -0.3 is 14.2 Å². The van der Waals surface area contributed by atoms with E-state index in [0.717, 1.165) is 17.3 Å². The number of H-pyrrole nitrogens is 1. The largest absolute Gasteiger partial charge is 0.455 e. The molecule has 2 amide bonds. The molecule has 0 atom stereocenters. The Kier molecular flexibility index (Phi) is 5.41. The zero-order valence-corrected chi connectivity index (χ0v) is 19.7. The second kappa shape index (κ2) is 8.89. The standard InChI is InChI=1S/C24H17N7O4S/c1-13-27-23(30-35-13)17-6-5-15(10-26-17)34-20-9-19-18(28-22(29-19)16-4-2-3-7-25-16)8-14(20)11-31-21(32)12-36-24(31)33/h2-10H,11-12H2,1H3,(H,28,29). The molecule has 1 N–H and O–H groups in total. The number of aromatic amines is 1. The summed E-state index contributed by atoms with van der Waals surface area (Å²) in [5.74, 6) is 2.21. The van der Waals surface area contributed by atoms with Gasteiger partial charge in [-0.3, -0.25) is 19.5 Å². The van der Waals surface area contributed by atoms with E-state index in [-0.39, 0.29) is 23.4 Å². The molecule has 0 saturated carbocycles. The van der Waals surface area contributed by atoms with E-state index in [2.05, 4.69) is 30.1 Å². The number of rotatable bonds is 6. The van der Waals surface area contributed by atoms with Crippen molar-refractivity contribution in [3.8, 4) is 34.5 Å². The van der Waals surface area contributed by atoms with Crippen molar-refractivity contribution in [3.63, 3.8) is 0 Å². The first-order valence-electron chi connectivity index (χ1n) is 10.9. The minimum Gasteiger partial charge on any atom is -0.455 e. The maximum Gasteiger partial charge on any atom is 0.289 e. The molecule has 12 heteroatoms. The SMILES string of the molecule is Cc1nc(-c2ccc(Oc3cc4nc(-c5ccccn5)[nH]c4cc3CN3C(=O)CSC3=O)cn2)no1. The number of hydrogen-bond acceptors (Lipinski definition) is 10. The number of carbonyl (C=O) groups is 2. The third-order valence-electron chi connectivity index (χ3n) is 5.46. The van der Waals surface area contributed by atoms with E-state index in [1.165, 1.54) is 4.90 Å². The van der Waals surface area contributed by atoms with Crippen LogP contribution in [0, 0.1) is 6.92 Å². The second-order valence-electron chi connectivity index (χ2n) is 7.93. The number of aromatic nitrogens is 6. The van der Waals surface area contributed by atoms with E-state index >= 15 is 0 Å². The summed E-state index contributed by atoms with van der Waals surface area (Å²) in [5.41, 5.74) is 3.24. The zero-order chi connectivity index (χ0) is 24.6. The van der Waals surface area contributed by atoms with Crippen LogP contribution >= 0.6 is 11.8 Å². The van der Waals surface area contributed by atoms with Crippen LogP contribution in [0.15, 0.2) is 59.4 Å². The Balaban J connectivity index is 1.37. The smallest absolute Gasteiger partial charge is 0.289 e. The number of aryl methyl sites for hydroxylation is 1. The first-order chi connectivity index (χ1) is 17.5. The van der Waals surface area contributed by atoms with Crippen LogP contribution in [0.1, 0.15) is 11.5 Å². The predicted octanol–water partition coefficient (Wildman–Crippen LogP) is 4.37. The highest BCUT2D eigenvalue weighted by molar-refractivity contribution is 8.14. The molecule has 0 unspecified atom stereocenters. The molecule has 0 radical (unpaired) electrons. The molecule has 1 fully saturated rings. The molecule has 1 aliphatic heterocycles. The normalized spacial score (nSPS) is 13.6. The van der Waals surface area contributed by atoms with Crippen molar-refractivity contribution in [2.75, 3.05) is 5.75 Å². The van der Waals surface area contributed by atoms with Gasteiger partial charge in [-0.1, -0.05) is 23.0 Å². The van der Waals surface area contributed by atoms with Crippen LogP contribution in [0.3, 0.4) is 0 Å². The number of thioether (sulfide) groups is 1. The molecule has 6 rings (SSSR count). The van der Waals surface area contributed by atoms with Gasteiger partial charge >= 0.3 is 0 Å². The first kappa shape index (κ1) is 21.9. The van der Waals surface area contributed by atoms with Gasteiger partial charge in [0.1, 0.15) is 22.9 Å². The molecule has 1 saturated heterocycles. The summed E-state index contributed by atoms with van der Waals surface area (Å²) in [5, 5.41) is 3.58. The van der Waals surface area contributed by atoms with E-state index in [0.29, 0.717) is 51.5 Å². The van der Waals surface area contributed by atoms with Crippen LogP contribution in [0.25, 0.3) is 34.1 Å². The lowest BCUT2D eigenvalue weighted by molar-refractivity contribution is -0.125. The van der Waals surface area contributed by atoms with Crippen molar-refractivity contribution >= 4 is 33.9 Å². The highest BCUT2D eigenvalue weighted by Gasteiger charge is 2.31. The maximum absolute atomic E-state index is 12.3. The zero-order valence-electron chi connectivity index (χ0n) is 18.8.